The number of phenols is 3. The molecule has 1 spiro atoms. The third kappa shape index (κ3) is 3.92. The number of carbonyl (C=O) groups excluding carboxylic acids is 1. The molecule has 8 nitrogen and oxygen atoms in total. The van der Waals surface area contributed by atoms with Crippen molar-refractivity contribution < 1.29 is 30.0 Å². The molecule has 194 valence electrons. The summed E-state index contributed by atoms with van der Waals surface area (Å²) in [6, 6.07) is 8.87. The third-order valence-corrected chi connectivity index (χ3v) is 8.49. The Morgan fingerprint density at radius 2 is 1.89 bits per heavy atom. The first-order chi connectivity index (χ1) is 17.1. The first-order valence-corrected chi connectivity index (χ1v) is 12.8. The van der Waals surface area contributed by atoms with Gasteiger partial charge in [-0.1, -0.05) is 26.0 Å². The average molecular weight is 497 g/mol. The molecule has 2 bridgehead atoms. The summed E-state index contributed by atoms with van der Waals surface area (Å²) in [4.78, 5) is 14.9. The second-order valence-electron chi connectivity index (χ2n) is 10.9. The Kier molecular flexibility index (Phi) is 6.39. The quantitative estimate of drug-likeness (QED) is 0.410. The predicted octanol–water partition coefficient (Wildman–Crippen LogP) is 2.76. The Hall–Kier alpha value is -2.81. The maximum atomic E-state index is 12.5. The standard InChI is InChI=1S/C17H19NO3.C11H17NO3/c1-18-7-6-17-10-3-5-13(20)16(17)21-15-12(19)4-2-9(14(15)17)8-11(10)18;1-7(2)12-6-11(15)8-3-4-9(13)10(14)5-8/h2,4,10-11,16,19H,3,5-8H2,1H3;3-5,7,11-15H,6H2,1-2H3/t10-,11+,16-,17-;/m0./s1. The lowest BCUT2D eigenvalue weighted by molar-refractivity contribution is -0.138. The Bertz CT molecular complexity index is 1170. The lowest BCUT2D eigenvalue weighted by atomic mass is 9.52. The van der Waals surface area contributed by atoms with Crippen molar-refractivity contribution in [2.75, 3.05) is 20.1 Å². The summed E-state index contributed by atoms with van der Waals surface area (Å²) in [6.45, 7) is 5.40. The summed E-state index contributed by atoms with van der Waals surface area (Å²) in [6.07, 6.45) is 2.50. The van der Waals surface area contributed by atoms with Crippen LogP contribution >= 0.6 is 0 Å². The number of likely N-dealkylation sites (N-methyl/N-ethyl adjacent to an activating group) is 1. The number of aliphatic hydroxyl groups excluding tert-OH is 1. The number of ether oxygens (including phenoxy) is 1. The SMILES string of the molecule is CC(C)NCC(O)c1ccc(O)c(O)c1.CN1CC[C@]23c4c5ccc(O)c4O[C@H]2C(=O)CC[C@H]3[C@H]1C5. The first kappa shape index (κ1) is 24.9. The van der Waals surface area contributed by atoms with Gasteiger partial charge in [-0.25, -0.2) is 0 Å². The largest absolute Gasteiger partial charge is 0.504 e. The van der Waals surface area contributed by atoms with Gasteiger partial charge in [0.1, 0.15) is 0 Å². The first-order valence-electron chi connectivity index (χ1n) is 12.8. The number of piperidine rings is 1. The molecule has 2 heterocycles. The Morgan fingerprint density at radius 3 is 2.61 bits per heavy atom. The van der Waals surface area contributed by atoms with Crippen LogP contribution in [0.4, 0.5) is 0 Å². The highest BCUT2D eigenvalue weighted by atomic mass is 16.5. The minimum Gasteiger partial charge on any atom is -0.504 e. The van der Waals surface area contributed by atoms with Crippen LogP contribution in [0.1, 0.15) is 55.9 Å². The van der Waals surface area contributed by atoms with Gasteiger partial charge in [-0.2, -0.15) is 0 Å². The molecule has 5 N–H and O–H groups in total. The van der Waals surface area contributed by atoms with Crippen LogP contribution in [0.15, 0.2) is 30.3 Å². The molecule has 2 aliphatic carbocycles. The van der Waals surface area contributed by atoms with E-state index >= 15 is 0 Å². The highest BCUT2D eigenvalue weighted by Gasteiger charge is 2.65. The molecular weight excluding hydrogens is 460 g/mol. The zero-order chi connectivity index (χ0) is 25.8. The summed E-state index contributed by atoms with van der Waals surface area (Å²) in [5.74, 6) is 1.11. The summed E-state index contributed by atoms with van der Waals surface area (Å²) in [5.41, 5.74) is 2.84. The van der Waals surface area contributed by atoms with Gasteiger partial charge in [-0.3, -0.25) is 4.79 Å². The molecule has 2 fully saturated rings. The minimum absolute atomic E-state index is 0.172. The van der Waals surface area contributed by atoms with Gasteiger partial charge in [0.05, 0.1) is 6.10 Å². The molecule has 1 unspecified atom stereocenters. The highest BCUT2D eigenvalue weighted by Crippen LogP contribution is 2.62. The van der Waals surface area contributed by atoms with Crippen molar-refractivity contribution in [2.45, 2.75) is 69.2 Å². The molecule has 1 saturated carbocycles. The summed E-state index contributed by atoms with van der Waals surface area (Å²) < 4.78 is 6.04. The van der Waals surface area contributed by atoms with Gasteiger partial charge in [0.2, 0.25) is 0 Å². The third-order valence-electron chi connectivity index (χ3n) is 8.49. The summed E-state index contributed by atoms with van der Waals surface area (Å²) in [5, 5.41) is 41.4. The fourth-order valence-corrected chi connectivity index (χ4v) is 6.73. The number of hydrogen-bond acceptors (Lipinski definition) is 8. The van der Waals surface area contributed by atoms with Crippen LogP contribution in [0.25, 0.3) is 0 Å². The number of nitrogens with one attached hydrogen (secondary N) is 1. The van der Waals surface area contributed by atoms with Crippen LogP contribution in [0, 0.1) is 5.92 Å². The van der Waals surface area contributed by atoms with Crippen LogP contribution in [0.2, 0.25) is 0 Å². The number of Topliss-reactive ketones (excluding diaryl/α,β-unsaturated/α-hetero) is 1. The summed E-state index contributed by atoms with van der Waals surface area (Å²) in [7, 11) is 2.20. The zero-order valence-electron chi connectivity index (χ0n) is 21.1. The zero-order valence-corrected chi connectivity index (χ0v) is 21.1. The van der Waals surface area contributed by atoms with E-state index in [0.29, 0.717) is 42.3 Å². The molecule has 0 aromatic heterocycles. The maximum Gasteiger partial charge on any atom is 0.174 e. The number of likely N-dealkylation sites (tertiary alicyclic amines) is 1. The molecule has 0 amide bonds. The Balaban J connectivity index is 0.000000159. The van der Waals surface area contributed by atoms with E-state index in [1.54, 1.807) is 12.1 Å². The van der Waals surface area contributed by atoms with Crippen molar-refractivity contribution in [2.24, 2.45) is 5.92 Å². The Morgan fingerprint density at radius 1 is 1.14 bits per heavy atom. The summed E-state index contributed by atoms with van der Waals surface area (Å²) >= 11 is 0. The van der Waals surface area contributed by atoms with Crippen molar-refractivity contribution in [1.29, 1.82) is 0 Å². The molecule has 0 radical (unpaired) electrons. The van der Waals surface area contributed by atoms with Gasteiger partial charge in [0.25, 0.3) is 0 Å². The van der Waals surface area contributed by atoms with Gasteiger partial charge >= 0.3 is 0 Å². The minimum atomic E-state index is -0.682. The van der Waals surface area contributed by atoms with Gasteiger partial charge in [-0.15, -0.1) is 0 Å². The fraction of sp³-hybridized carbons (Fsp3) is 0.536. The molecular formula is C28H36N2O6. The molecule has 2 aromatic rings. The van der Waals surface area contributed by atoms with E-state index in [2.05, 4.69) is 17.3 Å². The van der Waals surface area contributed by atoms with Crippen molar-refractivity contribution in [3.8, 4) is 23.0 Å². The highest BCUT2D eigenvalue weighted by molar-refractivity contribution is 5.89. The number of aliphatic hydroxyl groups is 1. The lowest BCUT2D eigenvalue weighted by Crippen LogP contribution is -2.65. The number of hydrogen-bond donors (Lipinski definition) is 5. The van der Waals surface area contributed by atoms with Crippen molar-refractivity contribution in [3.63, 3.8) is 0 Å². The molecule has 6 rings (SSSR count). The van der Waals surface area contributed by atoms with E-state index < -0.39 is 6.10 Å². The number of rotatable bonds is 4. The van der Waals surface area contributed by atoms with E-state index in [9.17, 15) is 20.1 Å². The number of phenolic OH excluding ortho intramolecular Hbond substituents is 3. The smallest absolute Gasteiger partial charge is 0.174 e. The average Bonchev–Trinajstić information content (AvgIpc) is 3.21. The number of nitrogens with zero attached hydrogens (tertiary/aromatic N) is 1. The van der Waals surface area contributed by atoms with E-state index in [-0.39, 0.29) is 34.6 Å². The normalized spacial score (nSPS) is 28.7. The van der Waals surface area contributed by atoms with Crippen LogP contribution in [0.3, 0.4) is 0 Å². The van der Waals surface area contributed by atoms with Crippen molar-refractivity contribution >= 4 is 5.78 Å². The number of carbonyl (C=O) groups is 1. The second kappa shape index (κ2) is 9.25. The predicted molar refractivity (Wildman–Crippen MR) is 135 cm³/mol. The topological polar surface area (TPSA) is 122 Å². The maximum absolute atomic E-state index is 12.5. The number of benzene rings is 2. The van der Waals surface area contributed by atoms with Gasteiger partial charge in [-0.05, 0) is 68.1 Å². The number of aromatic hydroxyl groups is 3. The van der Waals surface area contributed by atoms with E-state index in [0.717, 1.165) is 31.4 Å². The number of ketones is 1. The van der Waals surface area contributed by atoms with E-state index in [1.165, 1.54) is 17.7 Å². The lowest BCUT2D eigenvalue weighted by Gasteiger charge is -2.57. The molecule has 1 saturated heterocycles. The fourth-order valence-electron chi connectivity index (χ4n) is 6.73. The molecule has 8 heteroatoms. The van der Waals surface area contributed by atoms with Crippen LogP contribution in [0.5, 0.6) is 23.0 Å². The molecule has 2 aromatic carbocycles. The molecule has 4 aliphatic rings. The molecule has 5 atom stereocenters. The molecule has 2 aliphatic heterocycles. The van der Waals surface area contributed by atoms with Gasteiger partial charge in [0, 0.05) is 36.0 Å². The van der Waals surface area contributed by atoms with Crippen LogP contribution in [-0.2, 0) is 16.6 Å². The van der Waals surface area contributed by atoms with Crippen molar-refractivity contribution in [1.82, 2.24) is 10.2 Å². The van der Waals surface area contributed by atoms with Crippen molar-refractivity contribution in [3.05, 3.63) is 47.0 Å². The second-order valence-corrected chi connectivity index (χ2v) is 10.9. The molecule has 36 heavy (non-hydrogen) atoms. The van der Waals surface area contributed by atoms with E-state index in [1.807, 2.05) is 19.9 Å². The van der Waals surface area contributed by atoms with E-state index in [4.69, 9.17) is 9.84 Å². The van der Waals surface area contributed by atoms with Gasteiger partial charge in [0.15, 0.2) is 34.9 Å². The van der Waals surface area contributed by atoms with Crippen LogP contribution in [-0.4, -0.2) is 69.4 Å². The van der Waals surface area contributed by atoms with Gasteiger partial charge < -0.3 is 35.4 Å². The monoisotopic (exact) mass is 496 g/mol. The van der Waals surface area contributed by atoms with Crippen LogP contribution < -0.4 is 10.1 Å². The Labute approximate surface area is 211 Å².